The quantitative estimate of drug-likeness (QED) is 0.835. The molecule has 0 aliphatic carbocycles. The zero-order valence-corrected chi connectivity index (χ0v) is 11.5. The van der Waals surface area contributed by atoms with Gasteiger partial charge in [-0.1, -0.05) is 23.9 Å². The predicted octanol–water partition coefficient (Wildman–Crippen LogP) is 4.18. The summed E-state index contributed by atoms with van der Waals surface area (Å²) in [6.07, 6.45) is 1.75. The Kier molecular flexibility index (Phi) is 3.82. The minimum atomic E-state index is 0.688. The largest absolute Gasteiger partial charge is 0.248 e. The molecule has 0 bridgehead atoms. The molecule has 0 saturated heterocycles. The molecular weight excluding hydrogens is 296 g/mol. The van der Waals surface area contributed by atoms with Crippen molar-refractivity contribution in [2.24, 2.45) is 0 Å². The summed E-state index contributed by atoms with van der Waals surface area (Å²) >= 11 is 4.97. The molecule has 17 heavy (non-hydrogen) atoms. The van der Waals surface area contributed by atoms with Crippen molar-refractivity contribution >= 4 is 27.7 Å². The van der Waals surface area contributed by atoms with E-state index in [2.05, 4.69) is 27.0 Å². The summed E-state index contributed by atoms with van der Waals surface area (Å²) in [5, 5.41) is 9.97. The molecule has 1 aromatic heterocycles. The average Bonchev–Trinajstić information content (AvgIpc) is 2.34. The van der Waals surface area contributed by atoms with Crippen molar-refractivity contribution in [3.05, 3.63) is 52.1 Å². The van der Waals surface area contributed by atoms with Crippen molar-refractivity contribution in [1.82, 2.24) is 4.98 Å². The lowest BCUT2D eigenvalue weighted by Crippen LogP contribution is -1.88. The molecule has 0 fully saturated rings. The Morgan fingerprint density at radius 1 is 1.29 bits per heavy atom. The van der Waals surface area contributed by atoms with Crippen molar-refractivity contribution in [1.29, 1.82) is 5.26 Å². The summed E-state index contributed by atoms with van der Waals surface area (Å²) in [7, 11) is 0. The molecule has 0 radical (unpaired) electrons. The number of aromatic nitrogens is 1. The van der Waals surface area contributed by atoms with Crippen LogP contribution in [0.1, 0.15) is 11.1 Å². The van der Waals surface area contributed by atoms with E-state index in [9.17, 15) is 0 Å². The molecular formula is C13H9BrN2S. The van der Waals surface area contributed by atoms with Crippen LogP contribution in [-0.2, 0) is 0 Å². The molecule has 0 unspecified atom stereocenters. The second-order valence-corrected chi connectivity index (χ2v) is 5.31. The Bertz CT molecular complexity index is 590. The van der Waals surface area contributed by atoms with Crippen molar-refractivity contribution in [2.75, 3.05) is 0 Å². The first kappa shape index (κ1) is 12.2. The lowest BCUT2D eigenvalue weighted by molar-refractivity contribution is 1.10. The second kappa shape index (κ2) is 5.35. The summed E-state index contributed by atoms with van der Waals surface area (Å²) in [6, 6.07) is 11.7. The summed E-state index contributed by atoms with van der Waals surface area (Å²) in [5.74, 6) is 0. The Morgan fingerprint density at radius 2 is 2.12 bits per heavy atom. The van der Waals surface area contributed by atoms with E-state index in [1.54, 1.807) is 6.20 Å². The Morgan fingerprint density at radius 3 is 2.82 bits per heavy atom. The molecule has 0 spiro atoms. The van der Waals surface area contributed by atoms with Crippen molar-refractivity contribution in [2.45, 2.75) is 16.8 Å². The number of benzene rings is 1. The molecule has 0 atom stereocenters. The molecule has 0 aliphatic heterocycles. The topological polar surface area (TPSA) is 36.7 Å². The van der Waals surface area contributed by atoms with E-state index in [4.69, 9.17) is 5.26 Å². The summed E-state index contributed by atoms with van der Waals surface area (Å²) in [4.78, 5) is 5.26. The minimum Gasteiger partial charge on any atom is -0.248 e. The molecule has 0 aliphatic rings. The van der Waals surface area contributed by atoms with E-state index in [1.807, 2.05) is 37.3 Å². The van der Waals surface area contributed by atoms with Gasteiger partial charge in [0.05, 0.1) is 10.0 Å². The van der Waals surface area contributed by atoms with Crippen molar-refractivity contribution in [3.63, 3.8) is 0 Å². The number of nitriles is 1. The van der Waals surface area contributed by atoms with Gasteiger partial charge < -0.3 is 0 Å². The number of pyridine rings is 1. The summed E-state index contributed by atoms with van der Waals surface area (Å²) in [5.41, 5.74) is 1.78. The van der Waals surface area contributed by atoms with Crippen LogP contribution in [0.3, 0.4) is 0 Å². The van der Waals surface area contributed by atoms with Gasteiger partial charge in [-0.25, -0.2) is 4.98 Å². The number of rotatable bonds is 2. The van der Waals surface area contributed by atoms with Gasteiger partial charge in [-0.2, -0.15) is 5.26 Å². The smallest absolute Gasteiger partial charge is 0.115 e. The highest BCUT2D eigenvalue weighted by Gasteiger charge is 2.09. The number of nitrogens with zero attached hydrogens (tertiary/aromatic N) is 2. The summed E-state index contributed by atoms with van der Waals surface area (Å²) < 4.78 is 0.942. The van der Waals surface area contributed by atoms with Crippen LogP contribution in [0.25, 0.3) is 0 Å². The SMILES string of the molecule is Cc1cccc(C#N)c1Sc1ncccc1Br. The fourth-order valence-electron chi connectivity index (χ4n) is 1.42. The zero-order chi connectivity index (χ0) is 12.3. The van der Waals surface area contributed by atoms with Gasteiger partial charge in [0.25, 0.3) is 0 Å². The van der Waals surface area contributed by atoms with Crippen LogP contribution in [0.4, 0.5) is 0 Å². The maximum Gasteiger partial charge on any atom is 0.115 e. The molecule has 4 heteroatoms. The van der Waals surface area contributed by atoms with Gasteiger partial charge in [-0.15, -0.1) is 0 Å². The van der Waals surface area contributed by atoms with Crippen LogP contribution in [-0.4, -0.2) is 4.98 Å². The third-order valence-electron chi connectivity index (χ3n) is 2.26. The van der Waals surface area contributed by atoms with E-state index in [0.29, 0.717) is 5.56 Å². The fraction of sp³-hybridized carbons (Fsp3) is 0.0769. The molecule has 0 amide bonds. The third-order valence-corrected chi connectivity index (χ3v) is 4.42. The van der Waals surface area contributed by atoms with E-state index in [1.165, 1.54) is 11.8 Å². The van der Waals surface area contributed by atoms with E-state index < -0.39 is 0 Å². The van der Waals surface area contributed by atoms with Gasteiger partial charge in [-0.3, -0.25) is 0 Å². The molecule has 2 rings (SSSR count). The van der Waals surface area contributed by atoms with E-state index in [0.717, 1.165) is 20.0 Å². The molecule has 2 aromatic rings. The number of hydrogen-bond donors (Lipinski definition) is 0. The first-order valence-electron chi connectivity index (χ1n) is 5.00. The predicted molar refractivity (Wildman–Crippen MR) is 72.0 cm³/mol. The van der Waals surface area contributed by atoms with Crippen LogP contribution in [0, 0.1) is 18.3 Å². The lowest BCUT2D eigenvalue weighted by atomic mass is 10.1. The standard InChI is InChI=1S/C13H9BrN2S/c1-9-4-2-5-10(8-15)12(9)17-13-11(14)6-3-7-16-13/h2-7H,1H3. The van der Waals surface area contributed by atoms with Crippen LogP contribution in [0.5, 0.6) is 0 Å². The normalized spacial score (nSPS) is 9.94. The first-order chi connectivity index (χ1) is 8.22. The Hall–Kier alpha value is -1.31. The van der Waals surface area contributed by atoms with Gasteiger partial charge >= 0.3 is 0 Å². The lowest BCUT2D eigenvalue weighted by Gasteiger charge is -2.07. The van der Waals surface area contributed by atoms with Gasteiger partial charge in [-0.05, 0) is 46.6 Å². The third kappa shape index (κ3) is 2.68. The Balaban J connectivity index is 2.44. The molecule has 1 heterocycles. The van der Waals surface area contributed by atoms with E-state index in [-0.39, 0.29) is 0 Å². The first-order valence-corrected chi connectivity index (χ1v) is 6.61. The van der Waals surface area contributed by atoms with Gasteiger partial charge in [0.1, 0.15) is 11.1 Å². The highest BCUT2D eigenvalue weighted by molar-refractivity contribution is 9.10. The molecule has 84 valence electrons. The maximum atomic E-state index is 9.09. The maximum absolute atomic E-state index is 9.09. The van der Waals surface area contributed by atoms with Crippen molar-refractivity contribution in [3.8, 4) is 6.07 Å². The van der Waals surface area contributed by atoms with Gasteiger partial charge in [0.15, 0.2) is 0 Å². The summed E-state index contributed by atoms with van der Waals surface area (Å²) in [6.45, 7) is 2.00. The molecule has 0 N–H and O–H groups in total. The molecule has 2 nitrogen and oxygen atoms in total. The molecule has 1 aromatic carbocycles. The average molecular weight is 305 g/mol. The van der Waals surface area contributed by atoms with Gasteiger partial charge in [0.2, 0.25) is 0 Å². The van der Waals surface area contributed by atoms with Crippen LogP contribution < -0.4 is 0 Å². The monoisotopic (exact) mass is 304 g/mol. The number of hydrogen-bond acceptors (Lipinski definition) is 3. The van der Waals surface area contributed by atoms with Crippen LogP contribution >= 0.6 is 27.7 Å². The van der Waals surface area contributed by atoms with Crippen molar-refractivity contribution < 1.29 is 0 Å². The highest BCUT2D eigenvalue weighted by atomic mass is 79.9. The molecule has 0 saturated carbocycles. The van der Waals surface area contributed by atoms with Crippen LogP contribution in [0.15, 0.2) is 50.9 Å². The minimum absolute atomic E-state index is 0.688. The van der Waals surface area contributed by atoms with Crippen LogP contribution in [0.2, 0.25) is 0 Å². The van der Waals surface area contributed by atoms with Gasteiger partial charge in [0, 0.05) is 11.1 Å². The highest BCUT2D eigenvalue weighted by Crippen LogP contribution is 2.35. The number of halogens is 1. The fourth-order valence-corrected chi connectivity index (χ4v) is 2.84. The van der Waals surface area contributed by atoms with E-state index >= 15 is 0 Å². The second-order valence-electron chi connectivity index (χ2n) is 3.46. The Labute approximate surface area is 113 Å². The number of aryl methyl sites for hydroxylation is 1. The zero-order valence-electron chi connectivity index (χ0n) is 9.14.